The number of ether oxygens (including phenoxy) is 1. The molecule has 0 radical (unpaired) electrons. The summed E-state index contributed by atoms with van der Waals surface area (Å²) < 4.78 is 4.92. The minimum atomic E-state index is -2.26. The summed E-state index contributed by atoms with van der Waals surface area (Å²) in [6, 6.07) is 0. The fourth-order valence-electron chi connectivity index (χ4n) is 5.31. The first-order valence-corrected chi connectivity index (χ1v) is 16.3. The first-order valence-electron chi connectivity index (χ1n) is 16.3. The van der Waals surface area contributed by atoms with Crippen LogP contribution in [0.25, 0.3) is 0 Å². The van der Waals surface area contributed by atoms with Gasteiger partial charge in [0.15, 0.2) is 18.0 Å². The highest BCUT2D eigenvalue weighted by atomic mass is 16.6. The zero-order valence-corrected chi connectivity index (χ0v) is 27.1. The van der Waals surface area contributed by atoms with Crippen molar-refractivity contribution < 1.29 is 49.8 Å². The number of aliphatic hydroxyl groups excluding tert-OH is 5. The minimum Gasteiger partial charge on any atom is -0.479 e. The van der Waals surface area contributed by atoms with E-state index < -0.39 is 60.8 Å². The number of Topliss-reactive ketones (excluding diaryl/α,β-unsaturated/α-hetero) is 1. The van der Waals surface area contributed by atoms with Gasteiger partial charge in [-0.05, 0) is 50.5 Å². The Labute approximate surface area is 258 Å². The largest absolute Gasteiger partial charge is 0.479 e. The van der Waals surface area contributed by atoms with Crippen LogP contribution in [0.2, 0.25) is 0 Å². The van der Waals surface area contributed by atoms with Crippen molar-refractivity contribution in [3.63, 3.8) is 0 Å². The topological polar surface area (TPSA) is 182 Å². The molecule has 0 spiro atoms. The summed E-state index contributed by atoms with van der Waals surface area (Å²) in [4.78, 5) is 36.0. The van der Waals surface area contributed by atoms with Crippen LogP contribution in [0.5, 0.6) is 0 Å². The van der Waals surface area contributed by atoms with E-state index in [2.05, 4.69) is 13.8 Å². The number of carbonyl (C=O) groups is 3. The lowest BCUT2D eigenvalue weighted by Crippen LogP contribution is -2.46. The van der Waals surface area contributed by atoms with Crippen molar-refractivity contribution in [1.82, 2.24) is 0 Å². The van der Waals surface area contributed by atoms with Crippen molar-refractivity contribution >= 4 is 17.7 Å². The standard InChI is InChI=1S/C33H60O10/c1-6-7-8-9-10-11-12-13-17-26(35)27(36)18-15-14-16-22(2)19-23(3)20-24(4)29(37)25(5)33(42)43-28(21-34)30(38)31(39)32(40)41/h20,22-23,25-28,30-31,34-36,38-39H,6-19,21H2,1-5H3,(H,40,41)/b24-20+/t22-,23-,25-,26+,27+,28-,30+,31-/m0/s1. The van der Waals surface area contributed by atoms with Gasteiger partial charge in [0, 0.05) is 0 Å². The molecule has 0 aliphatic carbocycles. The fraction of sp³-hybridized carbons (Fsp3) is 0.848. The van der Waals surface area contributed by atoms with E-state index in [1.165, 1.54) is 45.4 Å². The number of carboxylic acids is 1. The van der Waals surface area contributed by atoms with Gasteiger partial charge in [-0.1, -0.05) is 97.5 Å². The Morgan fingerprint density at radius 2 is 1.26 bits per heavy atom. The Hall–Kier alpha value is -1.85. The van der Waals surface area contributed by atoms with Gasteiger partial charge in [-0.3, -0.25) is 9.59 Å². The highest BCUT2D eigenvalue weighted by Crippen LogP contribution is 2.22. The molecule has 0 unspecified atom stereocenters. The number of ketones is 1. The van der Waals surface area contributed by atoms with Crippen LogP contribution in [-0.4, -0.2) is 85.5 Å². The average molecular weight is 617 g/mol. The van der Waals surface area contributed by atoms with Gasteiger partial charge in [-0.25, -0.2) is 4.79 Å². The van der Waals surface area contributed by atoms with E-state index in [9.17, 15) is 39.9 Å². The summed E-state index contributed by atoms with van der Waals surface area (Å²) in [5.41, 5.74) is 0.365. The molecule has 0 saturated carbocycles. The maximum Gasteiger partial charge on any atom is 0.335 e. The van der Waals surface area contributed by atoms with E-state index in [1.54, 1.807) is 13.0 Å². The van der Waals surface area contributed by atoms with Gasteiger partial charge in [0.1, 0.15) is 12.0 Å². The number of allylic oxidation sites excluding steroid dienone is 2. The predicted octanol–water partition coefficient (Wildman–Crippen LogP) is 4.32. The Morgan fingerprint density at radius 3 is 1.77 bits per heavy atom. The van der Waals surface area contributed by atoms with Gasteiger partial charge in [-0.2, -0.15) is 0 Å². The van der Waals surface area contributed by atoms with E-state index in [-0.39, 0.29) is 5.92 Å². The third kappa shape index (κ3) is 17.9. The zero-order chi connectivity index (χ0) is 32.9. The van der Waals surface area contributed by atoms with Crippen molar-refractivity contribution in [2.24, 2.45) is 17.8 Å². The maximum atomic E-state index is 12.8. The molecule has 0 bridgehead atoms. The fourth-order valence-corrected chi connectivity index (χ4v) is 5.31. The molecule has 0 rings (SSSR count). The summed E-state index contributed by atoms with van der Waals surface area (Å²) in [5.74, 6) is -4.11. The SMILES string of the molecule is CCCCCCCCCC[C@@H](O)[C@H](O)CCCC[C@H](C)C[C@H](C)/C=C(\C)C(=O)[C@H](C)C(=O)O[C@@H](CO)[C@@H](O)[C@H](O)C(=O)O. The molecule has 0 saturated heterocycles. The summed E-state index contributed by atoms with van der Waals surface area (Å²) in [5, 5.41) is 58.0. The molecular weight excluding hydrogens is 556 g/mol. The monoisotopic (exact) mass is 616 g/mol. The van der Waals surface area contributed by atoms with E-state index in [0.29, 0.717) is 24.3 Å². The van der Waals surface area contributed by atoms with Gasteiger partial charge in [0.2, 0.25) is 0 Å². The van der Waals surface area contributed by atoms with Crippen molar-refractivity contribution in [2.45, 2.75) is 155 Å². The normalized spacial score (nSPS) is 17.8. The number of aliphatic carboxylic acids is 1. The average Bonchev–Trinajstić information content (AvgIpc) is 2.97. The summed E-state index contributed by atoms with van der Waals surface area (Å²) >= 11 is 0. The van der Waals surface area contributed by atoms with Crippen LogP contribution in [0.4, 0.5) is 0 Å². The number of unbranched alkanes of at least 4 members (excludes halogenated alkanes) is 8. The van der Waals surface area contributed by atoms with Gasteiger partial charge in [0.05, 0.1) is 18.8 Å². The third-order valence-electron chi connectivity index (χ3n) is 8.09. The molecule has 0 aliphatic heterocycles. The Balaban J connectivity index is 4.44. The highest BCUT2D eigenvalue weighted by molar-refractivity contribution is 6.07. The number of hydrogen-bond donors (Lipinski definition) is 6. The van der Waals surface area contributed by atoms with Crippen molar-refractivity contribution in [3.05, 3.63) is 11.6 Å². The quantitative estimate of drug-likeness (QED) is 0.0354. The molecule has 0 fully saturated rings. The molecule has 43 heavy (non-hydrogen) atoms. The second-order valence-corrected chi connectivity index (χ2v) is 12.4. The maximum absolute atomic E-state index is 12.8. The van der Waals surface area contributed by atoms with Crippen LogP contribution in [-0.2, 0) is 19.1 Å². The lowest BCUT2D eigenvalue weighted by Gasteiger charge is -2.24. The molecule has 0 heterocycles. The van der Waals surface area contributed by atoms with E-state index in [4.69, 9.17) is 9.84 Å². The molecule has 0 aromatic heterocycles. The molecule has 10 heteroatoms. The molecule has 0 aliphatic rings. The lowest BCUT2D eigenvalue weighted by atomic mass is 9.89. The van der Waals surface area contributed by atoms with Gasteiger partial charge in [-0.15, -0.1) is 0 Å². The minimum absolute atomic E-state index is 0.0546. The Bertz CT molecular complexity index is 814. The van der Waals surface area contributed by atoms with Crippen LogP contribution < -0.4 is 0 Å². The molecule has 252 valence electrons. The van der Waals surface area contributed by atoms with Crippen molar-refractivity contribution in [1.29, 1.82) is 0 Å². The van der Waals surface area contributed by atoms with Crippen LogP contribution in [0.3, 0.4) is 0 Å². The summed E-state index contributed by atoms with van der Waals surface area (Å²) in [7, 11) is 0. The van der Waals surface area contributed by atoms with E-state index >= 15 is 0 Å². The number of rotatable bonds is 26. The molecule has 8 atom stereocenters. The second kappa shape index (κ2) is 23.5. The van der Waals surface area contributed by atoms with Crippen LogP contribution in [0.15, 0.2) is 11.6 Å². The van der Waals surface area contributed by atoms with Crippen LogP contribution in [0.1, 0.15) is 125 Å². The molecule has 0 aromatic rings. The van der Waals surface area contributed by atoms with Crippen molar-refractivity contribution in [3.8, 4) is 0 Å². The molecule has 0 aromatic carbocycles. The molecule has 0 amide bonds. The molecule has 10 nitrogen and oxygen atoms in total. The smallest absolute Gasteiger partial charge is 0.335 e. The molecule has 6 N–H and O–H groups in total. The Kier molecular flexibility index (Phi) is 22.5. The van der Waals surface area contributed by atoms with Crippen molar-refractivity contribution in [2.75, 3.05) is 6.61 Å². The zero-order valence-electron chi connectivity index (χ0n) is 27.1. The highest BCUT2D eigenvalue weighted by Gasteiger charge is 2.35. The molecular formula is C33H60O10. The van der Waals surface area contributed by atoms with Gasteiger partial charge in [0.25, 0.3) is 0 Å². The number of hydrogen-bond acceptors (Lipinski definition) is 9. The number of esters is 1. The van der Waals surface area contributed by atoms with Gasteiger partial charge < -0.3 is 35.4 Å². The summed E-state index contributed by atoms with van der Waals surface area (Å²) in [6.45, 7) is 8.31. The van der Waals surface area contributed by atoms with E-state index in [0.717, 1.165) is 38.5 Å². The predicted molar refractivity (Wildman–Crippen MR) is 165 cm³/mol. The van der Waals surface area contributed by atoms with Crippen LogP contribution >= 0.6 is 0 Å². The first-order chi connectivity index (χ1) is 20.3. The third-order valence-corrected chi connectivity index (χ3v) is 8.09. The number of carboxylic acid groups (broad SMARTS) is 1. The Morgan fingerprint density at radius 1 is 0.767 bits per heavy atom. The summed E-state index contributed by atoms with van der Waals surface area (Å²) in [6.07, 6.45) is 8.76. The second-order valence-electron chi connectivity index (χ2n) is 12.4. The van der Waals surface area contributed by atoms with Gasteiger partial charge >= 0.3 is 11.9 Å². The number of carbonyl (C=O) groups excluding carboxylic acids is 2. The lowest BCUT2D eigenvalue weighted by molar-refractivity contribution is -0.176. The van der Waals surface area contributed by atoms with E-state index in [1.807, 2.05) is 6.92 Å². The first kappa shape index (κ1) is 41.1. The van der Waals surface area contributed by atoms with Crippen LogP contribution in [0, 0.1) is 17.8 Å². The number of aliphatic hydroxyl groups is 5.